The molecule has 0 atom stereocenters. The van der Waals surface area contributed by atoms with E-state index in [9.17, 15) is 9.59 Å². The second-order valence-corrected chi connectivity index (χ2v) is 6.48. The Hall–Kier alpha value is -0.0400. The van der Waals surface area contributed by atoms with Gasteiger partial charge in [-0.25, -0.2) is 9.59 Å². The number of rotatable bonds is 14. The fourth-order valence-corrected chi connectivity index (χ4v) is 2.86. The summed E-state index contributed by atoms with van der Waals surface area (Å²) in [6.07, 6.45) is 12.7. The summed E-state index contributed by atoms with van der Waals surface area (Å²) >= 11 is 0. The van der Waals surface area contributed by atoms with Gasteiger partial charge in [-0.1, -0.05) is 64.7 Å². The molecule has 3 N–H and O–H groups in total. The van der Waals surface area contributed by atoms with Crippen molar-refractivity contribution < 1.29 is 19.8 Å². The Balaban J connectivity index is 0. The standard InChI is InChI=1S/C20H31NO4.2Na/c1-2-3-4-5-6-7-8-9-10-11-14-21-16-12-13-17(19(22)23)18(15-16)20(24)25;;/h12-13,15,21H,2-11,14H2,1H3,(H,22,23)(H,24,25);;. The number of aromatic carboxylic acids is 2. The van der Waals surface area contributed by atoms with Gasteiger partial charge in [0, 0.05) is 71.3 Å². The maximum atomic E-state index is 11.1. The van der Waals surface area contributed by atoms with Gasteiger partial charge in [-0.2, -0.15) is 0 Å². The van der Waals surface area contributed by atoms with E-state index in [0.29, 0.717) is 5.69 Å². The van der Waals surface area contributed by atoms with Crippen molar-refractivity contribution in [2.24, 2.45) is 0 Å². The zero-order valence-corrected chi connectivity index (χ0v) is 21.2. The number of benzene rings is 1. The van der Waals surface area contributed by atoms with Crippen LogP contribution in [0, 0.1) is 0 Å². The Morgan fingerprint density at radius 3 is 1.74 bits per heavy atom. The van der Waals surface area contributed by atoms with E-state index in [4.69, 9.17) is 10.2 Å². The second-order valence-electron chi connectivity index (χ2n) is 6.48. The zero-order chi connectivity index (χ0) is 18.5. The maximum Gasteiger partial charge on any atom is 0.336 e. The number of carboxylic acid groups (broad SMARTS) is 2. The van der Waals surface area contributed by atoms with Gasteiger partial charge >= 0.3 is 11.9 Å². The molecule has 0 aliphatic heterocycles. The van der Waals surface area contributed by atoms with Gasteiger partial charge in [-0.05, 0) is 24.6 Å². The normalized spacial score (nSPS) is 9.81. The van der Waals surface area contributed by atoms with E-state index in [2.05, 4.69) is 12.2 Å². The number of carboxylic acids is 2. The van der Waals surface area contributed by atoms with Gasteiger partial charge in [0.25, 0.3) is 0 Å². The molecule has 0 aliphatic rings. The van der Waals surface area contributed by atoms with Crippen LogP contribution in [0.5, 0.6) is 0 Å². The molecule has 0 unspecified atom stereocenters. The van der Waals surface area contributed by atoms with Crippen LogP contribution in [0.3, 0.4) is 0 Å². The largest absolute Gasteiger partial charge is 0.478 e. The molecule has 1 rings (SSSR count). The van der Waals surface area contributed by atoms with Crippen LogP contribution in [0.25, 0.3) is 0 Å². The number of anilines is 1. The summed E-state index contributed by atoms with van der Waals surface area (Å²) in [5, 5.41) is 21.3. The van der Waals surface area contributed by atoms with Crippen molar-refractivity contribution in [1.29, 1.82) is 0 Å². The van der Waals surface area contributed by atoms with Crippen LogP contribution in [-0.2, 0) is 0 Å². The van der Waals surface area contributed by atoms with Crippen molar-refractivity contribution in [3.05, 3.63) is 29.3 Å². The predicted molar refractivity (Wildman–Crippen MR) is 112 cm³/mol. The fourth-order valence-electron chi connectivity index (χ4n) is 2.86. The zero-order valence-electron chi connectivity index (χ0n) is 17.2. The Bertz CT molecular complexity index is 553. The van der Waals surface area contributed by atoms with Crippen molar-refractivity contribution in [2.45, 2.75) is 71.1 Å². The summed E-state index contributed by atoms with van der Waals surface area (Å²) in [6.45, 7) is 3.00. The van der Waals surface area contributed by atoms with Crippen LogP contribution in [0.2, 0.25) is 0 Å². The summed E-state index contributed by atoms with van der Waals surface area (Å²) in [6, 6.07) is 4.35. The molecule has 0 saturated carbocycles. The molecule has 5 nitrogen and oxygen atoms in total. The van der Waals surface area contributed by atoms with Crippen LogP contribution < -0.4 is 5.32 Å². The molecular formula is C20H31NNa2O4. The van der Waals surface area contributed by atoms with Crippen molar-refractivity contribution in [3.63, 3.8) is 0 Å². The molecule has 0 amide bonds. The van der Waals surface area contributed by atoms with Crippen LogP contribution >= 0.6 is 0 Å². The first kappa shape index (κ1) is 29.2. The number of hydrogen-bond acceptors (Lipinski definition) is 3. The minimum atomic E-state index is -1.22. The molecular weight excluding hydrogens is 364 g/mol. The third kappa shape index (κ3) is 12.9. The summed E-state index contributed by atoms with van der Waals surface area (Å²) in [5.41, 5.74) is 0.288. The van der Waals surface area contributed by atoms with E-state index in [1.807, 2.05) is 0 Å². The second kappa shape index (κ2) is 18.0. The van der Waals surface area contributed by atoms with E-state index in [-0.39, 0.29) is 70.2 Å². The number of carbonyl (C=O) groups is 2. The first-order valence-electron chi connectivity index (χ1n) is 9.40. The third-order valence-corrected chi connectivity index (χ3v) is 4.34. The average Bonchev–Trinajstić information content (AvgIpc) is 2.59. The summed E-state index contributed by atoms with van der Waals surface area (Å²) in [4.78, 5) is 22.2. The summed E-state index contributed by atoms with van der Waals surface area (Å²) in [7, 11) is 0. The van der Waals surface area contributed by atoms with Gasteiger partial charge in [-0.3, -0.25) is 0 Å². The Morgan fingerprint density at radius 1 is 0.778 bits per heavy atom. The molecule has 142 valence electrons. The van der Waals surface area contributed by atoms with E-state index < -0.39 is 11.9 Å². The van der Waals surface area contributed by atoms with Gasteiger partial charge in [0.05, 0.1) is 11.1 Å². The average molecular weight is 395 g/mol. The van der Waals surface area contributed by atoms with Gasteiger partial charge in [0.2, 0.25) is 0 Å². The van der Waals surface area contributed by atoms with Crippen LogP contribution in [0.1, 0.15) is 91.8 Å². The van der Waals surface area contributed by atoms with Gasteiger partial charge in [0.15, 0.2) is 0 Å². The first-order valence-corrected chi connectivity index (χ1v) is 9.40. The van der Waals surface area contributed by atoms with E-state index in [1.54, 1.807) is 6.07 Å². The Morgan fingerprint density at radius 2 is 1.26 bits per heavy atom. The molecule has 27 heavy (non-hydrogen) atoms. The monoisotopic (exact) mass is 395 g/mol. The minimum absolute atomic E-state index is 0. The predicted octanol–water partition coefficient (Wildman–Crippen LogP) is 4.65. The number of unbranched alkanes of at least 4 members (excludes halogenated alkanes) is 9. The van der Waals surface area contributed by atoms with Crippen LogP contribution in [0.4, 0.5) is 5.69 Å². The van der Waals surface area contributed by atoms with Crippen molar-refractivity contribution >= 4 is 76.7 Å². The Kier molecular flexibility index (Phi) is 19.5. The molecule has 0 fully saturated rings. The molecule has 0 bridgehead atoms. The first-order chi connectivity index (χ1) is 12.1. The number of nitrogens with one attached hydrogen (secondary N) is 1. The van der Waals surface area contributed by atoms with Crippen molar-refractivity contribution in [3.8, 4) is 0 Å². The minimum Gasteiger partial charge on any atom is -0.478 e. The van der Waals surface area contributed by atoms with Gasteiger partial charge < -0.3 is 15.5 Å². The molecule has 0 saturated heterocycles. The van der Waals surface area contributed by atoms with E-state index in [1.165, 1.54) is 63.5 Å². The fraction of sp³-hybridized carbons (Fsp3) is 0.600. The molecule has 0 spiro atoms. The smallest absolute Gasteiger partial charge is 0.336 e. The van der Waals surface area contributed by atoms with Crippen LogP contribution in [-0.4, -0.2) is 87.8 Å². The third-order valence-electron chi connectivity index (χ3n) is 4.34. The van der Waals surface area contributed by atoms with Gasteiger partial charge in [0.1, 0.15) is 0 Å². The molecule has 0 heterocycles. The molecule has 7 heteroatoms. The SMILES string of the molecule is CCCCCCCCCCCCNc1ccc(C(=O)O)c(C(=O)O)c1.[Na].[Na]. The molecule has 0 aliphatic carbocycles. The van der Waals surface area contributed by atoms with Gasteiger partial charge in [-0.15, -0.1) is 0 Å². The van der Waals surface area contributed by atoms with E-state index >= 15 is 0 Å². The topological polar surface area (TPSA) is 86.6 Å². The van der Waals surface area contributed by atoms with Crippen molar-refractivity contribution in [1.82, 2.24) is 0 Å². The Labute approximate surface area is 207 Å². The summed E-state index contributed by atoms with van der Waals surface area (Å²) < 4.78 is 0. The molecule has 1 aromatic rings. The van der Waals surface area contributed by atoms with Crippen molar-refractivity contribution in [2.75, 3.05) is 11.9 Å². The molecule has 0 aromatic heterocycles. The van der Waals surface area contributed by atoms with E-state index in [0.717, 1.165) is 19.4 Å². The maximum absolute atomic E-state index is 11.1. The molecule has 2 radical (unpaired) electrons. The van der Waals surface area contributed by atoms with Crippen LogP contribution in [0.15, 0.2) is 18.2 Å². The summed E-state index contributed by atoms with van der Waals surface area (Å²) in [5.74, 6) is -2.45. The quantitative estimate of drug-likeness (QED) is 0.315. The molecule has 1 aromatic carbocycles. The number of hydrogen-bond donors (Lipinski definition) is 3.